The number of amides is 1. The number of likely N-dealkylation sites (N-methyl/N-ethyl adjacent to an activating group) is 1. The van der Waals surface area contributed by atoms with E-state index in [2.05, 4.69) is 0 Å². The summed E-state index contributed by atoms with van der Waals surface area (Å²) in [5, 5.41) is 1.93. The van der Waals surface area contributed by atoms with Crippen LogP contribution in [0.3, 0.4) is 0 Å². The first kappa shape index (κ1) is 23.4. The molecule has 0 bridgehead atoms. The minimum atomic E-state index is -3.86. The second-order valence-electron chi connectivity index (χ2n) is 7.94. The van der Waals surface area contributed by atoms with Crippen molar-refractivity contribution in [3.8, 4) is 0 Å². The summed E-state index contributed by atoms with van der Waals surface area (Å²) >= 11 is 1.54. The van der Waals surface area contributed by atoms with Crippen molar-refractivity contribution >= 4 is 33.2 Å². The molecule has 2 aromatic rings. The highest BCUT2D eigenvalue weighted by atomic mass is 32.2. The molecule has 1 aromatic carbocycles. The lowest BCUT2D eigenvalue weighted by Gasteiger charge is -2.25. The fourth-order valence-corrected chi connectivity index (χ4v) is 6.84. The summed E-state index contributed by atoms with van der Waals surface area (Å²) in [4.78, 5) is 27.8. The molecule has 1 atom stereocenters. The van der Waals surface area contributed by atoms with Gasteiger partial charge in [0.05, 0.1) is 11.4 Å². The van der Waals surface area contributed by atoms with E-state index in [1.807, 2.05) is 36.6 Å². The number of carbonyl (C=O) groups is 2. The predicted octanol–water partition coefficient (Wildman–Crippen LogP) is 3.03. The molecule has 1 saturated heterocycles. The summed E-state index contributed by atoms with van der Waals surface area (Å²) in [5.41, 5.74) is 2.29. The zero-order chi connectivity index (χ0) is 22.8. The highest BCUT2D eigenvalue weighted by molar-refractivity contribution is 7.89. The topological polar surface area (TPSA) is 84.0 Å². The van der Waals surface area contributed by atoms with Gasteiger partial charge in [0.15, 0.2) is 6.61 Å². The second kappa shape index (κ2) is 9.50. The van der Waals surface area contributed by atoms with E-state index in [9.17, 15) is 18.0 Å². The summed E-state index contributed by atoms with van der Waals surface area (Å²) in [6, 6.07) is 6.57. The Kier molecular flexibility index (Phi) is 7.18. The first-order chi connectivity index (χ1) is 14.6. The summed E-state index contributed by atoms with van der Waals surface area (Å²) in [7, 11) is -2.22. The van der Waals surface area contributed by atoms with E-state index in [-0.39, 0.29) is 17.3 Å². The van der Waals surface area contributed by atoms with Gasteiger partial charge in [-0.15, -0.1) is 11.3 Å². The Labute approximate surface area is 187 Å². The Morgan fingerprint density at radius 2 is 1.90 bits per heavy atom. The Bertz CT molecular complexity index is 1040. The van der Waals surface area contributed by atoms with Crippen LogP contribution in [0.2, 0.25) is 0 Å². The maximum absolute atomic E-state index is 13.4. The van der Waals surface area contributed by atoms with Crippen LogP contribution in [0.15, 0.2) is 34.5 Å². The largest absolute Gasteiger partial charge is 0.454 e. The normalized spacial score (nSPS) is 17.0. The van der Waals surface area contributed by atoms with Crippen LogP contribution < -0.4 is 0 Å². The second-order valence-corrected chi connectivity index (χ2v) is 10.8. The Hall–Kier alpha value is -2.23. The third-order valence-electron chi connectivity index (χ3n) is 5.38. The SMILES string of the molecule is Cc1cc(C)c(S(=O)(=O)N2CCCC2C(=O)OCC(=O)N(C)Cc2cccs2)c(C)c1. The summed E-state index contributed by atoms with van der Waals surface area (Å²) < 4.78 is 33.2. The number of carbonyl (C=O) groups excluding carboxylic acids is 2. The van der Waals surface area contributed by atoms with Gasteiger partial charge in [0, 0.05) is 18.5 Å². The van der Waals surface area contributed by atoms with Crippen molar-refractivity contribution in [1.29, 1.82) is 0 Å². The Morgan fingerprint density at radius 3 is 2.52 bits per heavy atom. The van der Waals surface area contributed by atoms with Crippen LogP contribution in [0.4, 0.5) is 0 Å². The molecule has 1 fully saturated rings. The van der Waals surface area contributed by atoms with Crippen molar-refractivity contribution in [2.75, 3.05) is 20.2 Å². The van der Waals surface area contributed by atoms with E-state index in [0.717, 1.165) is 10.4 Å². The van der Waals surface area contributed by atoms with E-state index in [4.69, 9.17) is 4.74 Å². The Balaban J connectivity index is 1.68. The molecule has 1 aliphatic rings. The third-order valence-corrected chi connectivity index (χ3v) is 8.46. The lowest BCUT2D eigenvalue weighted by atomic mass is 10.1. The average Bonchev–Trinajstić information content (AvgIpc) is 3.36. The molecule has 9 heteroatoms. The van der Waals surface area contributed by atoms with Crippen molar-refractivity contribution < 1.29 is 22.7 Å². The highest BCUT2D eigenvalue weighted by Crippen LogP contribution is 2.31. The molecular formula is C22H28N2O5S2. The van der Waals surface area contributed by atoms with Gasteiger partial charge in [-0.25, -0.2) is 8.42 Å². The molecule has 31 heavy (non-hydrogen) atoms. The van der Waals surface area contributed by atoms with Crippen LogP contribution in [0, 0.1) is 20.8 Å². The van der Waals surface area contributed by atoms with E-state index in [1.165, 1.54) is 9.21 Å². The molecule has 3 rings (SSSR count). The molecule has 0 saturated carbocycles. The third kappa shape index (κ3) is 5.16. The number of ether oxygens (including phenoxy) is 1. The monoisotopic (exact) mass is 464 g/mol. The molecule has 0 N–H and O–H groups in total. The zero-order valence-electron chi connectivity index (χ0n) is 18.3. The molecule has 2 heterocycles. The molecule has 1 aromatic heterocycles. The van der Waals surface area contributed by atoms with Gasteiger partial charge < -0.3 is 9.64 Å². The molecular weight excluding hydrogens is 436 g/mol. The number of nitrogens with zero attached hydrogens (tertiary/aromatic N) is 2. The van der Waals surface area contributed by atoms with Crippen LogP contribution >= 0.6 is 11.3 Å². The van der Waals surface area contributed by atoms with E-state index < -0.39 is 28.6 Å². The number of hydrogen-bond acceptors (Lipinski definition) is 6. The zero-order valence-corrected chi connectivity index (χ0v) is 19.9. The lowest BCUT2D eigenvalue weighted by molar-refractivity contribution is -0.154. The van der Waals surface area contributed by atoms with Crippen LogP contribution in [-0.2, 0) is 30.9 Å². The number of rotatable bonds is 7. The fourth-order valence-electron chi connectivity index (χ4n) is 4.02. The number of hydrogen-bond donors (Lipinski definition) is 0. The van der Waals surface area contributed by atoms with Crippen LogP contribution in [0.1, 0.15) is 34.4 Å². The van der Waals surface area contributed by atoms with Crippen LogP contribution in [0.5, 0.6) is 0 Å². The quantitative estimate of drug-likeness (QED) is 0.588. The van der Waals surface area contributed by atoms with Crippen molar-refractivity contribution in [3.63, 3.8) is 0 Å². The van der Waals surface area contributed by atoms with Gasteiger partial charge in [-0.05, 0) is 56.2 Å². The van der Waals surface area contributed by atoms with Gasteiger partial charge in [0.1, 0.15) is 6.04 Å². The van der Waals surface area contributed by atoms with Gasteiger partial charge in [0.25, 0.3) is 5.91 Å². The van der Waals surface area contributed by atoms with Gasteiger partial charge in [-0.3, -0.25) is 9.59 Å². The van der Waals surface area contributed by atoms with Crippen molar-refractivity contribution in [2.24, 2.45) is 0 Å². The van der Waals surface area contributed by atoms with Gasteiger partial charge >= 0.3 is 5.97 Å². The first-order valence-corrected chi connectivity index (χ1v) is 12.5. The molecule has 1 amide bonds. The summed E-state index contributed by atoms with van der Waals surface area (Å²) in [6.45, 7) is 5.72. The summed E-state index contributed by atoms with van der Waals surface area (Å²) in [6.07, 6.45) is 0.941. The standard InChI is InChI=1S/C22H28N2O5S2/c1-15-11-16(2)21(17(3)12-15)31(27,28)24-9-5-8-19(24)22(26)29-14-20(25)23(4)13-18-7-6-10-30-18/h6-7,10-12,19H,5,8-9,13-14H2,1-4H3. The highest BCUT2D eigenvalue weighted by Gasteiger charge is 2.41. The van der Waals surface area contributed by atoms with Crippen molar-refractivity contribution in [3.05, 3.63) is 51.2 Å². The maximum atomic E-state index is 13.4. The number of sulfonamides is 1. The summed E-state index contributed by atoms with van der Waals surface area (Å²) in [5.74, 6) is -1.01. The Morgan fingerprint density at radius 1 is 1.23 bits per heavy atom. The molecule has 7 nitrogen and oxygen atoms in total. The average molecular weight is 465 g/mol. The predicted molar refractivity (Wildman–Crippen MR) is 119 cm³/mol. The maximum Gasteiger partial charge on any atom is 0.324 e. The van der Waals surface area contributed by atoms with Crippen LogP contribution in [0.25, 0.3) is 0 Å². The molecule has 1 aliphatic heterocycles. The molecule has 1 unspecified atom stereocenters. The van der Waals surface area contributed by atoms with Gasteiger partial charge in [-0.1, -0.05) is 23.8 Å². The smallest absolute Gasteiger partial charge is 0.324 e. The number of thiophene rings is 1. The minimum Gasteiger partial charge on any atom is -0.454 e. The van der Waals surface area contributed by atoms with Gasteiger partial charge in [-0.2, -0.15) is 4.31 Å². The minimum absolute atomic E-state index is 0.240. The lowest BCUT2D eigenvalue weighted by Crippen LogP contribution is -2.42. The number of aryl methyl sites for hydroxylation is 3. The molecule has 0 radical (unpaired) electrons. The van der Waals surface area contributed by atoms with Gasteiger partial charge in [0.2, 0.25) is 10.0 Å². The van der Waals surface area contributed by atoms with E-state index >= 15 is 0 Å². The van der Waals surface area contributed by atoms with Crippen molar-refractivity contribution in [1.82, 2.24) is 9.21 Å². The molecule has 0 spiro atoms. The van der Waals surface area contributed by atoms with E-state index in [1.54, 1.807) is 32.2 Å². The van der Waals surface area contributed by atoms with Crippen LogP contribution in [-0.4, -0.2) is 55.7 Å². The molecule has 0 aliphatic carbocycles. The fraction of sp³-hybridized carbons (Fsp3) is 0.455. The van der Waals surface area contributed by atoms with E-state index in [0.29, 0.717) is 30.5 Å². The first-order valence-electron chi connectivity index (χ1n) is 10.1. The molecule has 168 valence electrons. The number of esters is 1. The van der Waals surface area contributed by atoms with Crippen molar-refractivity contribution in [2.45, 2.75) is 51.1 Å². The number of benzene rings is 1.